The first-order chi connectivity index (χ1) is 10.1. The minimum absolute atomic E-state index is 0.476. The highest BCUT2D eigenvalue weighted by Crippen LogP contribution is 2.15. The molecular weight excluding hydrogens is 288 g/mol. The van der Waals surface area contributed by atoms with Crippen LogP contribution < -0.4 is 10.6 Å². The van der Waals surface area contributed by atoms with Crippen molar-refractivity contribution in [1.82, 2.24) is 0 Å². The Balaban J connectivity index is 1.97. The van der Waals surface area contributed by atoms with Crippen molar-refractivity contribution in [2.45, 2.75) is 13.3 Å². The van der Waals surface area contributed by atoms with Gasteiger partial charge in [0.2, 0.25) is 0 Å². The lowest BCUT2D eigenvalue weighted by atomic mass is 10.1. The minimum atomic E-state index is -0.739. The van der Waals surface area contributed by atoms with Gasteiger partial charge in [-0.05, 0) is 42.3 Å². The smallest absolute Gasteiger partial charge is 0.314 e. The normalized spacial score (nSPS) is 10.0. The van der Waals surface area contributed by atoms with Crippen molar-refractivity contribution in [3.8, 4) is 0 Å². The quantitative estimate of drug-likeness (QED) is 0.853. The molecule has 0 radical (unpaired) electrons. The lowest BCUT2D eigenvalue weighted by Gasteiger charge is -2.07. The summed E-state index contributed by atoms with van der Waals surface area (Å²) in [5.41, 5.74) is 2.22. The van der Waals surface area contributed by atoms with Gasteiger partial charge in [-0.2, -0.15) is 0 Å². The molecule has 0 aliphatic heterocycles. The summed E-state index contributed by atoms with van der Waals surface area (Å²) in [6, 6.07) is 14.0. The lowest BCUT2D eigenvalue weighted by Crippen LogP contribution is -2.29. The van der Waals surface area contributed by atoms with Crippen LogP contribution in [0, 0.1) is 0 Å². The van der Waals surface area contributed by atoms with Crippen LogP contribution in [0.1, 0.15) is 12.5 Å². The molecule has 2 amide bonds. The number of amides is 2. The molecule has 2 rings (SSSR count). The molecule has 4 nitrogen and oxygen atoms in total. The standard InChI is InChI=1S/C16H15ClN2O2/c1-2-11-6-8-13(9-7-11)18-15(20)16(21)19-14-5-3-4-12(17)10-14/h3-10H,2H2,1H3,(H,18,20)(H,19,21). The van der Waals surface area contributed by atoms with E-state index >= 15 is 0 Å². The summed E-state index contributed by atoms with van der Waals surface area (Å²) in [5, 5.41) is 5.52. The Morgan fingerprint density at radius 3 is 2.14 bits per heavy atom. The molecule has 0 atom stereocenters. The summed E-state index contributed by atoms with van der Waals surface area (Å²) in [7, 11) is 0. The van der Waals surface area contributed by atoms with Crippen molar-refractivity contribution in [2.24, 2.45) is 0 Å². The largest absolute Gasteiger partial charge is 0.318 e. The summed E-state index contributed by atoms with van der Waals surface area (Å²) in [6.45, 7) is 2.05. The maximum atomic E-state index is 11.8. The van der Waals surface area contributed by atoms with Crippen LogP contribution in [-0.2, 0) is 16.0 Å². The molecule has 0 bridgehead atoms. The molecule has 2 aromatic carbocycles. The van der Waals surface area contributed by atoms with Gasteiger partial charge >= 0.3 is 11.8 Å². The third-order valence-electron chi connectivity index (χ3n) is 2.91. The van der Waals surface area contributed by atoms with Gasteiger partial charge in [0, 0.05) is 16.4 Å². The van der Waals surface area contributed by atoms with Crippen molar-refractivity contribution in [3.63, 3.8) is 0 Å². The Morgan fingerprint density at radius 2 is 1.57 bits per heavy atom. The van der Waals surface area contributed by atoms with Gasteiger partial charge in [0.25, 0.3) is 0 Å². The molecular formula is C16H15ClN2O2. The molecule has 0 unspecified atom stereocenters. The van der Waals surface area contributed by atoms with Crippen LogP contribution in [0.3, 0.4) is 0 Å². The zero-order valence-electron chi connectivity index (χ0n) is 11.5. The zero-order valence-corrected chi connectivity index (χ0v) is 12.3. The molecule has 0 heterocycles. The Kier molecular flexibility index (Phi) is 4.95. The van der Waals surface area contributed by atoms with E-state index in [0.717, 1.165) is 12.0 Å². The van der Waals surface area contributed by atoms with Crippen molar-refractivity contribution >= 4 is 34.8 Å². The fourth-order valence-corrected chi connectivity index (χ4v) is 1.96. The molecule has 0 aromatic heterocycles. The third-order valence-corrected chi connectivity index (χ3v) is 3.14. The zero-order chi connectivity index (χ0) is 15.2. The van der Waals surface area contributed by atoms with Crippen molar-refractivity contribution < 1.29 is 9.59 Å². The summed E-state index contributed by atoms with van der Waals surface area (Å²) in [6.07, 6.45) is 0.920. The van der Waals surface area contributed by atoms with Gasteiger partial charge in [-0.3, -0.25) is 9.59 Å². The van der Waals surface area contributed by atoms with E-state index in [2.05, 4.69) is 10.6 Å². The van der Waals surface area contributed by atoms with E-state index in [-0.39, 0.29) is 0 Å². The van der Waals surface area contributed by atoms with Crippen LogP contribution in [0.5, 0.6) is 0 Å². The van der Waals surface area contributed by atoms with Crippen LogP contribution in [0.25, 0.3) is 0 Å². The molecule has 2 aromatic rings. The van der Waals surface area contributed by atoms with Gasteiger partial charge in [0.05, 0.1) is 0 Å². The Labute approximate surface area is 128 Å². The topological polar surface area (TPSA) is 58.2 Å². The van der Waals surface area contributed by atoms with Crippen molar-refractivity contribution in [1.29, 1.82) is 0 Å². The highest BCUT2D eigenvalue weighted by Gasteiger charge is 2.14. The van der Waals surface area contributed by atoms with Crippen LogP contribution in [0.4, 0.5) is 11.4 Å². The number of aryl methyl sites for hydroxylation is 1. The first kappa shape index (κ1) is 15.1. The number of anilines is 2. The van der Waals surface area contributed by atoms with E-state index < -0.39 is 11.8 Å². The fraction of sp³-hybridized carbons (Fsp3) is 0.125. The number of carbonyl (C=O) groups is 2. The van der Waals surface area contributed by atoms with E-state index in [1.165, 1.54) is 0 Å². The number of hydrogen-bond acceptors (Lipinski definition) is 2. The highest BCUT2D eigenvalue weighted by atomic mass is 35.5. The maximum absolute atomic E-state index is 11.8. The molecule has 2 N–H and O–H groups in total. The number of hydrogen-bond donors (Lipinski definition) is 2. The highest BCUT2D eigenvalue weighted by molar-refractivity contribution is 6.43. The van der Waals surface area contributed by atoms with Gasteiger partial charge in [0.1, 0.15) is 0 Å². The van der Waals surface area contributed by atoms with Gasteiger partial charge in [-0.15, -0.1) is 0 Å². The number of carbonyl (C=O) groups excluding carboxylic acids is 2. The maximum Gasteiger partial charge on any atom is 0.314 e. The minimum Gasteiger partial charge on any atom is -0.318 e. The predicted molar refractivity (Wildman–Crippen MR) is 84.5 cm³/mol. The average Bonchev–Trinajstić information content (AvgIpc) is 2.48. The van der Waals surface area contributed by atoms with E-state index in [0.29, 0.717) is 16.4 Å². The first-order valence-electron chi connectivity index (χ1n) is 6.55. The number of rotatable bonds is 3. The lowest BCUT2D eigenvalue weighted by molar-refractivity contribution is -0.132. The summed E-state index contributed by atoms with van der Waals surface area (Å²) < 4.78 is 0. The second-order valence-electron chi connectivity index (χ2n) is 4.47. The summed E-state index contributed by atoms with van der Waals surface area (Å²) in [4.78, 5) is 23.6. The van der Waals surface area contributed by atoms with E-state index in [1.807, 2.05) is 19.1 Å². The first-order valence-corrected chi connectivity index (χ1v) is 6.93. The van der Waals surface area contributed by atoms with Crippen molar-refractivity contribution in [2.75, 3.05) is 10.6 Å². The molecule has 0 saturated carbocycles. The second kappa shape index (κ2) is 6.90. The van der Waals surface area contributed by atoms with Gasteiger partial charge < -0.3 is 10.6 Å². The Morgan fingerprint density at radius 1 is 0.952 bits per heavy atom. The Hall–Kier alpha value is -2.33. The molecule has 0 spiro atoms. The molecule has 21 heavy (non-hydrogen) atoms. The molecule has 0 fully saturated rings. The number of benzene rings is 2. The van der Waals surface area contributed by atoms with Gasteiger partial charge in [0.15, 0.2) is 0 Å². The third kappa shape index (κ3) is 4.33. The molecule has 0 aliphatic carbocycles. The fourth-order valence-electron chi connectivity index (χ4n) is 1.77. The SMILES string of the molecule is CCc1ccc(NC(=O)C(=O)Nc2cccc(Cl)c2)cc1. The Bertz CT molecular complexity index is 654. The summed E-state index contributed by atoms with van der Waals surface area (Å²) in [5.74, 6) is -1.46. The van der Waals surface area contributed by atoms with E-state index in [9.17, 15) is 9.59 Å². The van der Waals surface area contributed by atoms with Crippen molar-refractivity contribution in [3.05, 3.63) is 59.1 Å². The summed E-state index contributed by atoms with van der Waals surface area (Å²) >= 11 is 5.81. The second-order valence-corrected chi connectivity index (χ2v) is 4.91. The molecule has 0 aliphatic rings. The predicted octanol–water partition coefficient (Wildman–Crippen LogP) is 3.48. The van der Waals surface area contributed by atoms with Crippen LogP contribution >= 0.6 is 11.6 Å². The van der Waals surface area contributed by atoms with Gasteiger partial charge in [-0.1, -0.05) is 36.7 Å². The molecule has 5 heteroatoms. The number of halogens is 1. The molecule has 108 valence electrons. The van der Waals surface area contributed by atoms with Crippen LogP contribution in [0.2, 0.25) is 5.02 Å². The molecule has 0 saturated heterocycles. The van der Waals surface area contributed by atoms with Gasteiger partial charge in [-0.25, -0.2) is 0 Å². The van der Waals surface area contributed by atoms with E-state index in [4.69, 9.17) is 11.6 Å². The van der Waals surface area contributed by atoms with Crippen LogP contribution in [0.15, 0.2) is 48.5 Å². The average molecular weight is 303 g/mol. The van der Waals surface area contributed by atoms with E-state index in [1.54, 1.807) is 36.4 Å². The monoisotopic (exact) mass is 302 g/mol. The van der Waals surface area contributed by atoms with Crippen LogP contribution in [-0.4, -0.2) is 11.8 Å². The number of nitrogens with one attached hydrogen (secondary N) is 2.